The molecule has 88 valence electrons. The van der Waals surface area contributed by atoms with E-state index in [0.29, 0.717) is 17.6 Å². The number of nitro benzene ring substituents is 1. The lowest BCUT2D eigenvalue weighted by Crippen LogP contribution is -1.90. The van der Waals surface area contributed by atoms with Gasteiger partial charge in [-0.05, 0) is 18.2 Å². The minimum absolute atomic E-state index is 0.121. The van der Waals surface area contributed by atoms with Gasteiger partial charge < -0.3 is 4.42 Å². The first-order chi connectivity index (χ1) is 8.65. The van der Waals surface area contributed by atoms with E-state index in [-0.39, 0.29) is 17.0 Å². The third-order valence-corrected chi connectivity index (χ3v) is 2.34. The van der Waals surface area contributed by atoms with Gasteiger partial charge >= 0.3 is 0 Å². The molecule has 18 heavy (non-hydrogen) atoms. The molecule has 0 spiro atoms. The minimum Gasteiger partial charge on any atom is -0.453 e. The van der Waals surface area contributed by atoms with Crippen LogP contribution in [0.4, 0.5) is 5.69 Å². The van der Waals surface area contributed by atoms with Gasteiger partial charge in [0.15, 0.2) is 12.0 Å². The summed E-state index contributed by atoms with van der Waals surface area (Å²) in [6.07, 6.45) is 0.543. The number of nitriles is 1. The highest BCUT2D eigenvalue weighted by Crippen LogP contribution is 2.28. The Morgan fingerprint density at radius 1 is 1.33 bits per heavy atom. The van der Waals surface area contributed by atoms with Gasteiger partial charge in [0.05, 0.1) is 10.5 Å². The Morgan fingerprint density at radius 3 is 2.67 bits per heavy atom. The van der Waals surface area contributed by atoms with E-state index >= 15 is 0 Å². The lowest BCUT2D eigenvalue weighted by Gasteiger charge is -2.00. The average Bonchev–Trinajstić information content (AvgIpc) is 2.86. The van der Waals surface area contributed by atoms with Gasteiger partial charge in [-0.3, -0.25) is 14.9 Å². The highest BCUT2D eigenvalue weighted by molar-refractivity contribution is 5.74. The monoisotopic (exact) mass is 242 g/mol. The van der Waals surface area contributed by atoms with Crippen molar-refractivity contribution in [2.24, 2.45) is 0 Å². The Kier molecular flexibility index (Phi) is 2.89. The molecule has 1 aromatic carbocycles. The molecule has 6 heteroatoms. The molecular formula is C12H6N2O4. The second-order valence-corrected chi connectivity index (χ2v) is 3.42. The standard InChI is InChI=1S/C12H6N2O4/c13-6-8-5-9(14(16)17)1-3-11(8)12-4-2-10(7-15)18-12/h1-5,7H. The smallest absolute Gasteiger partial charge is 0.270 e. The highest BCUT2D eigenvalue weighted by Gasteiger charge is 2.14. The largest absolute Gasteiger partial charge is 0.453 e. The first-order valence-corrected chi connectivity index (χ1v) is 4.89. The van der Waals surface area contributed by atoms with Crippen LogP contribution in [0.15, 0.2) is 34.7 Å². The molecule has 0 amide bonds. The summed E-state index contributed by atoms with van der Waals surface area (Å²) in [7, 11) is 0. The fourth-order valence-corrected chi connectivity index (χ4v) is 1.51. The zero-order chi connectivity index (χ0) is 13.1. The van der Waals surface area contributed by atoms with Crippen LogP contribution in [0.3, 0.4) is 0 Å². The van der Waals surface area contributed by atoms with Crippen molar-refractivity contribution in [3.8, 4) is 17.4 Å². The fourth-order valence-electron chi connectivity index (χ4n) is 1.51. The third kappa shape index (κ3) is 1.97. The number of hydrogen-bond acceptors (Lipinski definition) is 5. The number of benzene rings is 1. The summed E-state index contributed by atoms with van der Waals surface area (Å²) in [5.74, 6) is 0.454. The van der Waals surface area contributed by atoms with Crippen molar-refractivity contribution >= 4 is 12.0 Å². The first kappa shape index (κ1) is 11.5. The molecule has 1 aromatic heterocycles. The average molecular weight is 242 g/mol. The minimum atomic E-state index is -0.580. The Morgan fingerprint density at radius 2 is 2.11 bits per heavy atom. The molecule has 0 saturated heterocycles. The van der Waals surface area contributed by atoms with Crippen LogP contribution < -0.4 is 0 Å². The van der Waals surface area contributed by atoms with Crippen molar-refractivity contribution in [1.29, 1.82) is 5.26 Å². The van der Waals surface area contributed by atoms with Crippen LogP contribution in [-0.2, 0) is 0 Å². The molecule has 2 rings (SSSR count). The Hall–Kier alpha value is -2.94. The van der Waals surface area contributed by atoms with Crippen molar-refractivity contribution in [2.45, 2.75) is 0 Å². The van der Waals surface area contributed by atoms with Crippen molar-refractivity contribution < 1.29 is 14.1 Å². The lowest BCUT2D eigenvalue weighted by atomic mass is 10.1. The summed E-state index contributed by atoms with van der Waals surface area (Å²) >= 11 is 0. The van der Waals surface area contributed by atoms with E-state index < -0.39 is 4.92 Å². The first-order valence-electron chi connectivity index (χ1n) is 4.89. The Bertz CT molecular complexity index is 667. The van der Waals surface area contributed by atoms with Gasteiger partial charge in [0.25, 0.3) is 5.69 Å². The van der Waals surface area contributed by atoms with Gasteiger partial charge in [-0.15, -0.1) is 0 Å². The second kappa shape index (κ2) is 4.51. The molecule has 0 radical (unpaired) electrons. The van der Waals surface area contributed by atoms with Crippen LogP contribution in [0.1, 0.15) is 16.1 Å². The van der Waals surface area contributed by atoms with E-state index in [2.05, 4.69) is 0 Å². The number of nitro groups is 1. The van der Waals surface area contributed by atoms with Crippen LogP contribution >= 0.6 is 0 Å². The summed E-state index contributed by atoms with van der Waals surface area (Å²) in [6, 6.07) is 8.72. The molecule has 0 unspecified atom stereocenters. The van der Waals surface area contributed by atoms with Crippen molar-refractivity contribution in [1.82, 2.24) is 0 Å². The summed E-state index contributed by atoms with van der Waals surface area (Å²) < 4.78 is 5.17. The summed E-state index contributed by atoms with van der Waals surface area (Å²) in [5.41, 5.74) is 0.365. The number of carbonyl (C=O) groups is 1. The van der Waals surface area contributed by atoms with Crippen LogP contribution in [0.2, 0.25) is 0 Å². The predicted octanol–water partition coefficient (Wildman–Crippen LogP) is 2.54. The Labute approximate surface area is 101 Å². The maximum Gasteiger partial charge on any atom is 0.270 e. The normalized spacial score (nSPS) is 9.72. The van der Waals surface area contributed by atoms with Crippen molar-refractivity contribution in [3.63, 3.8) is 0 Å². The molecular weight excluding hydrogens is 236 g/mol. The van der Waals surface area contributed by atoms with E-state index in [1.165, 1.54) is 30.3 Å². The van der Waals surface area contributed by atoms with E-state index in [1.807, 2.05) is 6.07 Å². The van der Waals surface area contributed by atoms with Gasteiger partial charge in [-0.25, -0.2) is 0 Å². The molecule has 0 N–H and O–H groups in total. The van der Waals surface area contributed by atoms with Crippen molar-refractivity contribution in [3.05, 3.63) is 51.8 Å². The van der Waals surface area contributed by atoms with Crippen LogP contribution in [0.5, 0.6) is 0 Å². The van der Waals surface area contributed by atoms with E-state index in [0.717, 1.165) is 0 Å². The van der Waals surface area contributed by atoms with Crippen LogP contribution in [0.25, 0.3) is 11.3 Å². The maximum atomic E-state index is 10.6. The highest BCUT2D eigenvalue weighted by atomic mass is 16.6. The van der Waals surface area contributed by atoms with Gasteiger partial charge in [0.1, 0.15) is 11.8 Å². The molecule has 1 heterocycles. The SMILES string of the molecule is N#Cc1cc([N+](=O)[O-])ccc1-c1ccc(C=O)o1. The zero-order valence-corrected chi connectivity index (χ0v) is 8.99. The number of nitrogens with zero attached hydrogens (tertiary/aromatic N) is 2. The van der Waals surface area contributed by atoms with E-state index in [1.54, 1.807) is 0 Å². The number of furan rings is 1. The van der Waals surface area contributed by atoms with E-state index in [4.69, 9.17) is 9.68 Å². The van der Waals surface area contributed by atoms with Crippen LogP contribution in [0, 0.1) is 21.4 Å². The number of rotatable bonds is 3. The molecule has 0 aliphatic rings. The maximum absolute atomic E-state index is 10.6. The number of carbonyl (C=O) groups excluding carboxylic acids is 1. The van der Waals surface area contributed by atoms with Gasteiger partial charge in [0, 0.05) is 17.7 Å². The zero-order valence-electron chi connectivity index (χ0n) is 8.99. The molecule has 6 nitrogen and oxygen atoms in total. The molecule has 2 aromatic rings. The lowest BCUT2D eigenvalue weighted by molar-refractivity contribution is -0.384. The van der Waals surface area contributed by atoms with Crippen LogP contribution in [-0.4, -0.2) is 11.2 Å². The molecule has 0 bridgehead atoms. The topological polar surface area (TPSA) is 97.1 Å². The fraction of sp³-hybridized carbons (Fsp3) is 0. The number of aldehydes is 1. The molecule has 0 aliphatic carbocycles. The van der Waals surface area contributed by atoms with Gasteiger partial charge in [0.2, 0.25) is 0 Å². The molecule has 0 atom stereocenters. The number of hydrogen-bond donors (Lipinski definition) is 0. The summed E-state index contributed by atoms with van der Waals surface area (Å²) in [4.78, 5) is 20.5. The molecule has 0 saturated carbocycles. The van der Waals surface area contributed by atoms with E-state index in [9.17, 15) is 14.9 Å². The van der Waals surface area contributed by atoms with Gasteiger partial charge in [-0.1, -0.05) is 0 Å². The van der Waals surface area contributed by atoms with Crippen molar-refractivity contribution in [2.75, 3.05) is 0 Å². The second-order valence-electron chi connectivity index (χ2n) is 3.42. The van der Waals surface area contributed by atoms with Gasteiger partial charge in [-0.2, -0.15) is 5.26 Å². The predicted molar refractivity (Wildman–Crippen MR) is 60.9 cm³/mol. The molecule has 0 fully saturated rings. The quantitative estimate of drug-likeness (QED) is 0.468. The number of non-ortho nitro benzene ring substituents is 1. The summed E-state index contributed by atoms with van der Waals surface area (Å²) in [6.45, 7) is 0. The third-order valence-electron chi connectivity index (χ3n) is 2.34. The molecule has 0 aliphatic heterocycles. The summed E-state index contributed by atoms with van der Waals surface area (Å²) in [5, 5.41) is 19.6. The Balaban J connectivity index is 2.54.